The first kappa shape index (κ1) is 16.5. The van der Waals surface area contributed by atoms with Gasteiger partial charge in [0.1, 0.15) is 4.60 Å². The van der Waals surface area contributed by atoms with Crippen LogP contribution in [-0.4, -0.2) is 25.5 Å². The van der Waals surface area contributed by atoms with Crippen molar-refractivity contribution in [3.8, 4) is 5.82 Å². The van der Waals surface area contributed by atoms with Crippen LogP contribution in [0.25, 0.3) is 5.82 Å². The van der Waals surface area contributed by atoms with Crippen LogP contribution in [0, 0.1) is 20.8 Å². The monoisotopic (exact) mass is 384 g/mol. The molecule has 0 atom stereocenters. The molecule has 0 radical (unpaired) electrons. The van der Waals surface area contributed by atoms with Gasteiger partial charge in [0.05, 0.1) is 17.5 Å². The highest BCUT2D eigenvalue weighted by molar-refractivity contribution is 9.10. The first-order chi connectivity index (χ1) is 11.5. The van der Waals surface area contributed by atoms with Crippen LogP contribution in [0.4, 0.5) is 0 Å². The molecule has 0 aliphatic rings. The summed E-state index contributed by atoms with van der Waals surface area (Å²) in [6.45, 7) is 5.84. The molecular weight excluding hydrogens is 368 g/mol. The van der Waals surface area contributed by atoms with Gasteiger partial charge in [-0.25, -0.2) is 14.6 Å². The summed E-state index contributed by atoms with van der Waals surface area (Å²) in [7, 11) is 0. The summed E-state index contributed by atoms with van der Waals surface area (Å²) in [6, 6.07) is 5.78. The third-order valence-corrected chi connectivity index (χ3v) is 4.39. The Labute approximate surface area is 148 Å². The Hall–Kier alpha value is -2.34. The van der Waals surface area contributed by atoms with Gasteiger partial charge in [-0.2, -0.15) is 5.10 Å². The van der Waals surface area contributed by atoms with E-state index >= 15 is 0 Å². The third kappa shape index (κ3) is 3.28. The Bertz CT molecular complexity index is 900. The van der Waals surface area contributed by atoms with E-state index in [-0.39, 0.29) is 5.78 Å². The molecule has 3 rings (SSSR count). The van der Waals surface area contributed by atoms with Crippen molar-refractivity contribution in [3.05, 3.63) is 69.3 Å². The van der Waals surface area contributed by atoms with E-state index in [0.717, 1.165) is 27.0 Å². The van der Waals surface area contributed by atoms with E-state index in [1.165, 1.54) is 0 Å². The van der Waals surface area contributed by atoms with E-state index in [4.69, 9.17) is 0 Å². The Kier molecular flexibility index (Phi) is 4.57. The van der Waals surface area contributed by atoms with Gasteiger partial charge in [0, 0.05) is 18.8 Å². The van der Waals surface area contributed by atoms with Crippen LogP contribution in [0.3, 0.4) is 0 Å². The second-order valence-electron chi connectivity index (χ2n) is 5.78. The lowest BCUT2D eigenvalue weighted by molar-refractivity contribution is 0.0992. The van der Waals surface area contributed by atoms with Crippen LogP contribution in [-0.2, 0) is 6.42 Å². The topological polar surface area (TPSA) is 60.7 Å². The molecule has 3 aromatic rings. The number of nitrogens with zero attached hydrogens (tertiary/aromatic N) is 4. The highest BCUT2D eigenvalue weighted by Crippen LogP contribution is 2.18. The maximum Gasteiger partial charge on any atom is 0.170 e. The van der Waals surface area contributed by atoms with Gasteiger partial charge in [-0.05, 0) is 65.5 Å². The van der Waals surface area contributed by atoms with Gasteiger partial charge >= 0.3 is 0 Å². The molecule has 0 aliphatic carbocycles. The maximum absolute atomic E-state index is 12.7. The normalized spacial score (nSPS) is 10.8. The van der Waals surface area contributed by atoms with Crippen molar-refractivity contribution >= 4 is 21.7 Å². The molecule has 0 saturated carbocycles. The van der Waals surface area contributed by atoms with Crippen molar-refractivity contribution in [2.24, 2.45) is 0 Å². The SMILES string of the molecule is Cc1ccc(-n2ncc(C(=O)Cc3cnc(Br)cc3C)c2C)nc1. The van der Waals surface area contributed by atoms with Gasteiger partial charge in [0.25, 0.3) is 0 Å². The molecule has 3 aromatic heterocycles. The number of Topliss-reactive ketones (excluding diaryl/α,β-unsaturated/α-hetero) is 1. The maximum atomic E-state index is 12.7. The highest BCUT2D eigenvalue weighted by Gasteiger charge is 2.17. The molecule has 0 unspecified atom stereocenters. The zero-order valence-corrected chi connectivity index (χ0v) is 15.3. The summed E-state index contributed by atoms with van der Waals surface area (Å²) in [5, 5.41) is 4.33. The second-order valence-corrected chi connectivity index (χ2v) is 6.60. The number of halogens is 1. The number of aromatic nitrogens is 4. The van der Waals surface area contributed by atoms with Crippen LogP contribution in [0.15, 0.2) is 41.4 Å². The number of hydrogen-bond acceptors (Lipinski definition) is 4. The minimum atomic E-state index is 0.0260. The molecule has 122 valence electrons. The Morgan fingerprint density at radius 1 is 1.12 bits per heavy atom. The zero-order valence-electron chi connectivity index (χ0n) is 13.7. The van der Waals surface area contributed by atoms with Crippen molar-refractivity contribution in [1.82, 2.24) is 19.7 Å². The molecule has 0 aromatic carbocycles. The summed E-state index contributed by atoms with van der Waals surface area (Å²) in [6.07, 6.45) is 5.44. The number of hydrogen-bond donors (Lipinski definition) is 0. The minimum Gasteiger partial charge on any atom is -0.294 e. The lowest BCUT2D eigenvalue weighted by atomic mass is 10.0. The van der Waals surface area contributed by atoms with Crippen LogP contribution >= 0.6 is 15.9 Å². The lowest BCUT2D eigenvalue weighted by Gasteiger charge is -2.06. The molecule has 6 heteroatoms. The molecule has 0 fully saturated rings. The summed E-state index contributed by atoms with van der Waals surface area (Å²) in [5.41, 5.74) is 4.44. The number of ketones is 1. The van der Waals surface area contributed by atoms with Crippen molar-refractivity contribution in [2.75, 3.05) is 0 Å². The first-order valence-corrected chi connectivity index (χ1v) is 8.37. The molecule has 0 saturated heterocycles. The van der Waals surface area contributed by atoms with E-state index in [1.807, 2.05) is 39.0 Å². The van der Waals surface area contributed by atoms with Gasteiger partial charge in [0.2, 0.25) is 0 Å². The molecule has 0 spiro atoms. The predicted molar refractivity (Wildman–Crippen MR) is 95.5 cm³/mol. The summed E-state index contributed by atoms with van der Waals surface area (Å²) in [4.78, 5) is 21.2. The molecular formula is C18H17BrN4O. The number of aryl methyl sites for hydroxylation is 2. The molecule has 3 heterocycles. The van der Waals surface area contributed by atoms with Crippen molar-refractivity contribution in [2.45, 2.75) is 27.2 Å². The van der Waals surface area contributed by atoms with Crippen molar-refractivity contribution in [1.29, 1.82) is 0 Å². The standard InChI is InChI=1S/C18H17BrN4O/c1-11-4-5-18(21-8-11)23-13(3)15(10-22-23)16(24)7-14-9-20-17(19)6-12(14)2/h4-6,8-10H,7H2,1-3H3. The zero-order chi connectivity index (χ0) is 17.3. The predicted octanol–water partition coefficient (Wildman–Crippen LogP) is 3.78. The first-order valence-electron chi connectivity index (χ1n) is 7.57. The van der Waals surface area contributed by atoms with Crippen molar-refractivity contribution in [3.63, 3.8) is 0 Å². The molecule has 0 aliphatic heterocycles. The van der Waals surface area contributed by atoms with Crippen LogP contribution in [0.2, 0.25) is 0 Å². The number of carbonyl (C=O) groups excluding carboxylic acids is 1. The molecule has 24 heavy (non-hydrogen) atoms. The largest absolute Gasteiger partial charge is 0.294 e. The van der Waals surface area contributed by atoms with E-state index in [9.17, 15) is 4.79 Å². The van der Waals surface area contributed by atoms with E-state index in [2.05, 4.69) is 31.0 Å². The molecule has 5 nitrogen and oxygen atoms in total. The number of rotatable bonds is 4. The van der Waals surface area contributed by atoms with Gasteiger partial charge in [-0.3, -0.25) is 4.79 Å². The summed E-state index contributed by atoms with van der Waals surface area (Å²) >= 11 is 3.34. The smallest absolute Gasteiger partial charge is 0.170 e. The average Bonchev–Trinajstić information content (AvgIpc) is 2.92. The van der Waals surface area contributed by atoms with E-state index < -0.39 is 0 Å². The summed E-state index contributed by atoms with van der Waals surface area (Å²) < 4.78 is 2.46. The second kappa shape index (κ2) is 6.65. The quantitative estimate of drug-likeness (QED) is 0.507. The average molecular weight is 385 g/mol. The van der Waals surface area contributed by atoms with Crippen LogP contribution in [0.5, 0.6) is 0 Å². The van der Waals surface area contributed by atoms with Gasteiger partial charge in [0.15, 0.2) is 11.6 Å². The van der Waals surface area contributed by atoms with Gasteiger partial charge in [-0.1, -0.05) is 6.07 Å². The van der Waals surface area contributed by atoms with Gasteiger partial charge < -0.3 is 0 Å². The number of pyridine rings is 2. The van der Waals surface area contributed by atoms with E-state index in [0.29, 0.717) is 17.8 Å². The molecule has 0 amide bonds. The lowest BCUT2D eigenvalue weighted by Crippen LogP contribution is -2.08. The molecule has 0 N–H and O–H groups in total. The third-order valence-electron chi connectivity index (χ3n) is 3.96. The van der Waals surface area contributed by atoms with Crippen LogP contribution in [0.1, 0.15) is 32.7 Å². The Morgan fingerprint density at radius 2 is 1.92 bits per heavy atom. The highest BCUT2D eigenvalue weighted by atomic mass is 79.9. The van der Waals surface area contributed by atoms with E-state index in [1.54, 1.807) is 23.3 Å². The fraction of sp³-hybridized carbons (Fsp3) is 0.222. The van der Waals surface area contributed by atoms with Crippen molar-refractivity contribution < 1.29 is 4.79 Å². The number of carbonyl (C=O) groups is 1. The Balaban J connectivity index is 1.87. The fourth-order valence-electron chi connectivity index (χ4n) is 2.50. The summed E-state index contributed by atoms with van der Waals surface area (Å²) in [5.74, 6) is 0.733. The van der Waals surface area contributed by atoms with Gasteiger partial charge in [-0.15, -0.1) is 0 Å². The Morgan fingerprint density at radius 3 is 2.58 bits per heavy atom. The molecule has 0 bridgehead atoms. The minimum absolute atomic E-state index is 0.0260. The fourth-order valence-corrected chi connectivity index (χ4v) is 2.95. The van der Waals surface area contributed by atoms with Crippen LogP contribution < -0.4 is 0 Å².